The van der Waals surface area contributed by atoms with Gasteiger partial charge in [0, 0.05) is 16.0 Å². The van der Waals surface area contributed by atoms with Crippen LogP contribution in [0.3, 0.4) is 0 Å². The van der Waals surface area contributed by atoms with Crippen LogP contribution < -0.4 is 9.64 Å². The molecule has 1 aromatic carbocycles. The number of aliphatic imine (C=N–C) groups is 1. The number of Topliss-reactive ketones (excluding diaryl/α,β-unsaturated/α-hetero) is 1. The number of carbonyl (C=O) groups excluding carboxylic acids is 2. The van der Waals surface area contributed by atoms with Gasteiger partial charge in [-0.1, -0.05) is 6.07 Å². The molecule has 0 saturated carbocycles. The molecule has 0 saturated heterocycles. The Labute approximate surface area is 182 Å². The third-order valence-electron chi connectivity index (χ3n) is 5.53. The molecule has 7 heteroatoms. The molecule has 5 rings (SSSR count). The van der Waals surface area contributed by atoms with Crippen LogP contribution in [0.5, 0.6) is 5.75 Å². The van der Waals surface area contributed by atoms with Crippen molar-refractivity contribution in [3.63, 3.8) is 0 Å². The van der Waals surface area contributed by atoms with Crippen molar-refractivity contribution in [2.75, 3.05) is 25.1 Å². The van der Waals surface area contributed by atoms with E-state index in [0.29, 0.717) is 11.3 Å². The van der Waals surface area contributed by atoms with E-state index < -0.39 is 0 Å². The van der Waals surface area contributed by atoms with E-state index in [-0.39, 0.29) is 24.8 Å². The molecule has 2 aromatic heterocycles. The van der Waals surface area contributed by atoms with Gasteiger partial charge in [0.25, 0.3) is 0 Å². The molecule has 0 radical (unpaired) electrons. The summed E-state index contributed by atoms with van der Waals surface area (Å²) in [4.78, 5) is 34.8. The molecule has 1 aliphatic carbocycles. The Hall–Kier alpha value is -2.77. The van der Waals surface area contributed by atoms with E-state index in [9.17, 15) is 9.59 Å². The van der Waals surface area contributed by atoms with Crippen LogP contribution in [0.1, 0.15) is 37.7 Å². The monoisotopic (exact) mass is 436 g/mol. The van der Waals surface area contributed by atoms with Crippen molar-refractivity contribution in [1.29, 1.82) is 0 Å². The highest BCUT2D eigenvalue weighted by Crippen LogP contribution is 2.43. The number of fused-ring (bicyclic) bond motifs is 3. The Morgan fingerprint density at radius 2 is 2.03 bits per heavy atom. The highest BCUT2D eigenvalue weighted by molar-refractivity contribution is 7.17. The van der Waals surface area contributed by atoms with Crippen LogP contribution in [0.25, 0.3) is 0 Å². The van der Waals surface area contributed by atoms with Crippen LogP contribution in [0.2, 0.25) is 0 Å². The minimum atomic E-state index is -0.135. The quantitative estimate of drug-likeness (QED) is 0.558. The van der Waals surface area contributed by atoms with Crippen LogP contribution >= 0.6 is 22.7 Å². The average molecular weight is 437 g/mol. The zero-order valence-electron chi connectivity index (χ0n) is 16.5. The normalized spacial score (nSPS) is 15.4. The van der Waals surface area contributed by atoms with Gasteiger partial charge in [0.15, 0.2) is 5.78 Å². The molecule has 3 heterocycles. The van der Waals surface area contributed by atoms with Crippen LogP contribution in [0, 0.1) is 0 Å². The Morgan fingerprint density at radius 3 is 2.77 bits per heavy atom. The summed E-state index contributed by atoms with van der Waals surface area (Å²) in [5.41, 5.74) is 3.83. The number of ketones is 1. The number of thiophene rings is 2. The molecule has 0 unspecified atom stereocenters. The molecule has 0 spiro atoms. The molecular formula is C23H20N2O3S2. The Kier molecular flexibility index (Phi) is 5.00. The summed E-state index contributed by atoms with van der Waals surface area (Å²) in [7, 11) is 1.59. The number of aryl methyl sites for hydroxylation is 1. The van der Waals surface area contributed by atoms with Gasteiger partial charge in [-0.3, -0.25) is 19.5 Å². The summed E-state index contributed by atoms with van der Waals surface area (Å²) in [5, 5.41) is 2.90. The lowest BCUT2D eigenvalue weighted by atomic mass is 10.0. The van der Waals surface area contributed by atoms with Crippen LogP contribution in [-0.2, 0) is 17.6 Å². The van der Waals surface area contributed by atoms with Gasteiger partial charge in [0.2, 0.25) is 5.91 Å². The third-order valence-corrected chi connectivity index (χ3v) is 7.72. The molecule has 0 atom stereocenters. The first-order valence-corrected chi connectivity index (χ1v) is 11.6. The summed E-state index contributed by atoms with van der Waals surface area (Å²) in [6.45, 7) is 0.0735. The van der Waals surface area contributed by atoms with Gasteiger partial charge in [0.1, 0.15) is 17.3 Å². The number of amides is 1. The summed E-state index contributed by atoms with van der Waals surface area (Å²) in [6, 6.07) is 11.1. The van der Waals surface area contributed by atoms with Gasteiger partial charge >= 0.3 is 0 Å². The average Bonchev–Trinajstić information content (AvgIpc) is 3.49. The summed E-state index contributed by atoms with van der Waals surface area (Å²) in [6.07, 6.45) is 3.16. The van der Waals surface area contributed by atoms with Gasteiger partial charge < -0.3 is 4.74 Å². The Bertz CT molecular complexity index is 1140. The molecular weight excluding hydrogens is 416 g/mol. The minimum absolute atomic E-state index is 0.0186. The largest absolute Gasteiger partial charge is 0.497 e. The maximum atomic E-state index is 13.0. The standard InChI is InChI=1S/C23H20N2O3S2/c1-28-15-9-7-14(8-10-15)17(26)13-25-20(27)12-24-22(19-6-3-11-29-19)21-16-4-2-5-18(16)30-23(21)25/h3,6-11H,2,4-5,12-13H2,1H3. The van der Waals surface area contributed by atoms with Gasteiger partial charge in [0.05, 0.1) is 24.2 Å². The second-order valence-corrected chi connectivity index (χ2v) is 9.34. The zero-order chi connectivity index (χ0) is 20.7. The lowest BCUT2D eigenvalue weighted by Crippen LogP contribution is -2.36. The lowest BCUT2D eigenvalue weighted by Gasteiger charge is -2.20. The number of hydrogen-bond donors (Lipinski definition) is 0. The number of anilines is 1. The lowest BCUT2D eigenvalue weighted by molar-refractivity contribution is -0.117. The molecule has 0 fully saturated rings. The minimum Gasteiger partial charge on any atom is -0.497 e. The fourth-order valence-electron chi connectivity index (χ4n) is 4.03. The maximum Gasteiger partial charge on any atom is 0.249 e. The van der Waals surface area contributed by atoms with E-state index in [1.807, 2.05) is 11.4 Å². The van der Waals surface area contributed by atoms with Crippen LogP contribution in [0.4, 0.5) is 5.00 Å². The SMILES string of the molecule is COc1ccc(C(=O)CN2C(=O)CN=C(c3cccs3)c3c2sc2c3CCC2)cc1. The first kappa shape index (κ1) is 19.2. The number of nitrogens with zero attached hydrogens (tertiary/aromatic N) is 2. The molecule has 152 valence electrons. The smallest absolute Gasteiger partial charge is 0.249 e. The summed E-state index contributed by atoms with van der Waals surface area (Å²) < 4.78 is 5.17. The second kappa shape index (κ2) is 7.81. The van der Waals surface area contributed by atoms with Gasteiger partial charge in [-0.05, 0) is 60.5 Å². The van der Waals surface area contributed by atoms with Crippen molar-refractivity contribution in [3.8, 4) is 5.75 Å². The maximum absolute atomic E-state index is 13.0. The number of rotatable bonds is 5. The van der Waals surface area contributed by atoms with Crippen molar-refractivity contribution >= 4 is 45.1 Å². The number of methoxy groups -OCH3 is 1. The van der Waals surface area contributed by atoms with Crippen LogP contribution in [0.15, 0.2) is 46.8 Å². The van der Waals surface area contributed by atoms with E-state index in [4.69, 9.17) is 9.73 Å². The number of benzene rings is 1. The predicted molar refractivity (Wildman–Crippen MR) is 121 cm³/mol. The number of hydrogen-bond acceptors (Lipinski definition) is 6. The summed E-state index contributed by atoms with van der Waals surface area (Å²) >= 11 is 3.28. The number of ether oxygens (including phenoxy) is 1. The molecule has 5 nitrogen and oxygen atoms in total. The molecule has 30 heavy (non-hydrogen) atoms. The van der Waals surface area contributed by atoms with Crippen molar-refractivity contribution in [2.45, 2.75) is 19.3 Å². The molecule has 1 amide bonds. The van der Waals surface area contributed by atoms with Crippen LogP contribution in [-0.4, -0.2) is 37.6 Å². The second-order valence-electron chi connectivity index (χ2n) is 7.31. The van der Waals surface area contributed by atoms with Gasteiger partial charge in [-0.15, -0.1) is 22.7 Å². The highest BCUT2D eigenvalue weighted by Gasteiger charge is 2.34. The fraction of sp³-hybridized carbons (Fsp3) is 0.261. The first-order chi connectivity index (χ1) is 14.7. The van der Waals surface area contributed by atoms with E-state index in [2.05, 4.69) is 6.07 Å². The fourth-order valence-corrected chi connectivity index (χ4v) is 6.18. The number of carbonyl (C=O) groups is 2. The van der Waals surface area contributed by atoms with Crippen molar-refractivity contribution in [2.24, 2.45) is 4.99 Å². The van der Waals surface area contributed by atoms with E-state index in [0.717, 1.165) is 40.4 Å². The van der Waals surface area contributed by atoms with Crippen molar-refractivity contribution in [3.05, 3.63) is 68.2 Å². The van der Waals surface area contributed by atoms with Gasteiger partial charge in [-0.2, -0.15) is 0 Å². The highest BCUT2D eigenvalue weighted by atomic mass is 32.1. The van der Waals surface area contributed by atoms with E-state index in [1.54, 1.807) is 58.9 Å². The molecule has 1 aliphatic heterocycles. The van der Waals surface area contributed by atoms with E-state index >= 15 is 0 Å². The Balaban J connectivity index is 1.54. The predicted octanol–water partition coefficient (Wildman–Crippen LogP) is 4.37. The molecule has 2 aliphatic rings. The zero-order valence-corrected chi connectivity index (χ0v) is 18.1. The molecule has 3 aromatic rings. The molecule has 0 bridgehead atoms. The molecule has 0 N–H and O–H groups in total. The summed E-state index contributed by atoms with van der Waals surface area (Å²) in [5.74, 6) is 0.470. The third kappa shape index (κ3) is 3.28. The van der Waals surface area contributed by atoms with Crippen molar-refractivity contribution < 1.29 is 14.3 Å². The van der Waals surface area contributed by atoms with Crippen molar-refractivity contribution in [1.82, 2.24) is 0 Å². The van der Waals surface area contributed by atoms with E-state index in [1.165, 1.54) is 10.4 Å². The van der Waals surface area contributed by atoms with Gasteiger partial charge in [-0.25, -0.2) is 0 Å². The Morgan fingerprint density at radius 1 is 1.20 bits per heavy atom. The first-order valence-electron chi connectivity index (χ1n) is 9.86. The topological polar surface area (TPSA) is 59.0 Å².